The number of aromatic nitrogens is 2. The number of nitrogens with zero attached hydrogens (tertiary/aromatic N) is 2. The molecule has 1 saturated carbocycles. The fourth-order valence-corrected chi connectivity index (χ4v) is 1.87. The van der Waals surface area contributed by atoms with Gasteiger partial charge in [-0.05, 0) is 24.8 Å². The number of nitrogens with one attached hydrogen (secondary N) is 1. The second-order valence-corrected chi connectivity index (χ2v) is 4.57. The van der Waals surface area contributed by atoms with E-state index in [1.54, 1.807) is 18.3 Å². The first-order chi connectivity index (χ1) is 8.74. The number of hydrogen-bond acceptors (Lipinski definition) is 4. The molecule has 92 valence electrons. The van der Waals surface area contributed by atoms with Gasteiger partial charge in [0.25, 0.3) is 0 Å². The van der Waals surface area contributed by atoms with E-state index in [1.807, 2.05) is 6.07 Å². The van der Waals surface area contributed by atoms with Crippen LogP contribution < -0.4 is 5.32 Å². The van der Waals surface area contributed by atoms with Crippen LogP contribution in [0.25, 0.3) is 10.9 Å². The van der Waals surface area contributed by atoms with Gasteiger partial charge in [0.1, 0.15) is 0 Å². The van der Waals surface area contributed by atoms with Crippen molar-refractivity contribution in [3.63, 3.8) is 0 Å². The van der Waals surface area contributed by atoms with Crippen LogP contribution >= 0.6 is 0 Å². The standard InChI is InChI=1S/C13H13N3O2/c17-12(18)10-3-1-2-9-7-15-13(16-11(9)10)14-6-8-4-5-8/h1-3,7-8H,4-6H2,(H,17,18)(H,14,15,16). The lowest BCUT2D eigenvalue weighted by atomic mass is 10.1. The summed E-state index contributed by atoms with van der Waals surface area (Å²) in [5, 5.41) is 13.0. The molecule has 2 N–H and O–H groups in total. The lowest BCUT2D eigenvalue weighted by Gasteiger charge is -2.06. The van der Waals surface area contributed by atoms with Crippen LogP contribution in [-0.2, 0) is 0 Å². The summed E-state index contributed by atoms with van der Waals surface area (Å²) in [6, 6.07) is 5.07. The predicted molar refractivity (Wildman–Crippen MR) is 67.7 cm³/mol. The molecule has 0 spiro atoms. The summed E-state index contributed by atoms with van der Waals surface area (Å²) in [6.07, 6.45) is 4.16. The van der Waals surface area contributed by atoms with Crippen molar-refractivity contribution in [1.82, 2.24) is 9.97 Å². The maximum atomic E-state index is 11.1. The van der Waals surface area contributed by atoms with Crippen molar-refractivity contribution in [1.29, 1.82) is 0 Å². The van der Waals surface area contributed by atoms with E-state index in [2.05, 4.69) is 15.3 Å². The van der Waals surface area contributed by atoms with Crippen molar-refractivity contribution in [3.05, 3.63) is 30.0 Å². The maximum Gasteiger partial charge on any atom is 0.337 e. The average Bonchev–Trinajstić information content (AvgIpc) is 3.19. The molecule has 0 unspecified atom stereocenters. The van der Waals surface area contributed by atoms with Crippen LogP contribution in [0.15, 0.2) is 24.4 Å². The topological polar surface area (TPSA) is 75.1 Å². The van der Waals surface area contributed by atoms with Gasteiger partial charge in [0.15, 0.2) is 0 Å². The van der Waals surface area contributed by atoms with Gasteiger partial charge in [-0.25, -0.2) is 14.8 Å². The number of benzene rings is 1. The number of carbonyl (C=O) groups is 1. The lowest BCUT2D eigenvalue weighted by molar-refractivity contribution is 0.0699. The maximum absolute atomic E-state index is 11.1. The first kappa shape index (κ1) is 11.0. The van der Waals surface area contributed by atoms with Crippen molar-refractivity contribution in [2.75, 3.05) is 11.9 Å². The van der Waals surface area contributed by atoms with Crippen LogP contribution in [0.3, 0.4) is 0 Å². The molecular weight excluding hydrogens is 230 g/mol. The fraction of sp³-hybridized carbons (Fsp3) is 0.308. The average molecular weight is 243 g/mol. The number of carboxylic acids is 1. The molecule has 18 heavy (non-hydrogen) atoms. The van der Waals surface area contributed by atoms with Gasteiger partial charge in [-0.3, -0.25) is 0 Å². The molecular formula is C13H13N3O2. The monoisotopic (exact) mass is 243 g/mol. The van der Waals surface area contributed by atoms with E-state index < -0.39 is 5.97 Å². The molecule has 1 aliphatic carbocycles. The minimum Gasteiger partial charge on any atom is -0.478 e. The van der Waals surface area contributed by atoms with Crippen molar-refractivity contribution in [3.8, 4) is 0 Å². The molecule has 0 aliphatic heterocycles. The number of aromatic carboxylic acids is 1. The van der Waals surface area contributed by atoms with Gasteiger partial charge < -0.3 is 10.4 Å². The smallest absolute Gasteiger partial charge is 0.337 e. The number of anilines is 1. The van der Waals surface area contributed by atoms with E-state index in [1.165, 1.54) is 12.8 Å². The zero-order valence-corrected chi connectivity index (χ0v) is 9.76. The van der Waals surface area contributed by atoms with Gasteiger partial charge in [0.2, 0.25) is 5.95 Å². The number of hydrogen-bond donors (Lipinski definition) is 2. The van der Waals surface area contributed by atoms with Crippen LogP contribution in [-0.4, -0.2) is 27.6 Å². The fourth-order valence-electron chi connectivity index (χ4n) is 1.87. The summed E-state index contributed by atoms with van der Waals surface area (Å²) in [7, 11) is 0. The Morgan fingerprint density at radius 1 is 1.44 bits per heavy atom. The molecule has 1 fully saturated rings. The molecule has 0 radical (unpaired) electrons. The summed E-state index contributed by atoms with van der Waals surface area (Å²) < 4.78 is 0. The second kappa shape index (κ2) is 4.25. The van der Waals surface area contributed by atoms with E-state index in [0.29, 0.717) is 11.5 Å². The largest absolute Gasteiger partial charge is 0.478 e. The first-order valence-electron chi connectivity index (χ1n) is 5.97. The van der Waals surface area contributed by atoms with Gasteiger partial charge in [0.05, 0.1) is 11.1 Å². The Morgan fingerprint density at radius 3 is 3.00 bits per heavy atom. The molecule has 3 rings (SSSR count). The minimum atomic E-state index is -0.965. The summed E-state index contributed by atoms with van der Waals surface area (Å²) in [4.78, 5) is 19.6. The van der Waals surface area contributed by atoms with Crippen LogP contribution in [0, 0.1) is 5.92 Å². The quantitative estimate of drug-likeness (QED) is 0.860. The van der Waals surface area contributed by atoms with E-state index in [-0.39, 0.29) is 5.56 Å². The van der Waals surface area contributed by atoms with Crippen molar-refractivity contribution in [2.45, 2.75) is 12.8 Å². The Hall–Kier alpha value is -2.17. The van der Waals surface area contributed by atoms with Crippen LogP contribution in [0.2, 0.25) is 0 Å². The molecule has 5 nitrogen and oxygen atoms in total. The lowest BCUT2D eigenvalue weighted by Crippen LogP contribution is -2.08. The van der Waals surface area contributed by atoms with Crippen LogP contribution in [0.1, 0.15) is 23.2 Å². The second-order valence-electron chi connectivity index (χ2n) is 4.57. The first-order valence-corrected chi connectivity index (χ1v) is 5.97. The van der Waals surface area contributed by atoms with E-state index >= 15 is 0 Å². The SMILES string of the molecule is O=C(O)c1cccc2cnc(NCC3CC3)nc12. The summed E-state index contributed by atoms with van der Waals surface area (Å²) in [5.74, 6) is 0.259. The highest BCUT2D eigenvalue weighted by atomic mass is 16.4. The molecule has 0 saturated heterocycles. The zero-order valence-electron chi connectivity index (χ0n) is 9.76. The van der Waals surface area contributed by atoms with Crippen molar-refractivity contribution < 1.29 is 9.90 Å². The van der Waals surface area contributed by atoms with E-state index in [4.69, 9.17) is 5.11 Å². The third-order valence-electron chi connectivity index (χ3n) is 3.09. The molecule has 0 bridgehead atoms. The van der Waals surface area contributed by atoms with Gasteiger partial charge >= 0.3 is 5.97 Å². The van der Waals surface area contributed by atoms with Gasteiger partial charge in [-0.1, -0.05) is 12.1 Å². The Labute approximate surface area is 104 Å². The number of rotatable bonds is 4. The van der Waals surface area contributed by atoms with Crippen molar-refractivity contribution >= 4 is 22.8 Å². The third kappa shape index (κ3) is 2.11. The Bertz CT molecular complexity index is 608. The van der Waals surface area contributed by atoms with Gasteiger partial charge in [0, 0.05) is 18.1 Å². The Balaban J connectivity index is 1.97. The summed E-state index contributed by atoms with van der Waals surface area (Å²) >= 11 is 0. The van der Waals surface area contributed by atoms with Gasteiger partial charge in [-0.15, -0.1) is 0 Å². The highest BCUT2D eigenvalue weighted by Gasteiger charge is 2.21. The molecule has 1 heterocycles. The molecule has 2 aromatic rings. The number of carboxylic acid groups (broad SMARTS) is 1. The molecule has 0 atom stereocenters. The predicted octanol–water partition coefficient (Wildman–Crippen LogP) is 2.15. The molecule has 1 aromatic carbocycles. The van der Waals surface area contributed by atoms with Crippen molar-refractivity contribution in [2.24, 2.45) is 5.92 Å². The number of para-hydroxylation sites is 1. The Morgan fingerprint density at radius 2 is 2.28 bits per heavy atom. The molecule has 5 heteroatoms. The van der Waals surface area contributed by atoms with E-state index in [9.17, 15) is 4.79 Å². The normalized spacial score (nSPS) is 14.7. The number of fused-ring (bicyclic) bond motifs is 1. The molecule has 0 amide bonds. The highest BCUT2D eigenvalue weighted by Crippen LogP contribution is 2.28. The minimum absolute atomic E-state index is 0.212. The highest BCUT2D eigenvalue weighted by molar-refractivity contribution is 6.01. The van der Waals surface area contributed by atoms with E-state index in [0.717, 1.165) is 17.8 Å². The third-order valence-corrected chi connectivity index (χ3v) is 3.09. The van der Waals surface area contributed by atoms with Crippen LogP contribution in [0.4, 0.5) is 5.95 Å². The molecule has 1 aromatic heterocycles. The van der Waals surface area contributed by atoms with Crippen LogP contribution in [0.5, 0.6) is 0 Å². The Kier molecular flexibility index (Phi) is 2.59. The van der Waals surface area contributed by atoms with Gasteiger partial charge in [-0.2, -0.15) is 0 Å². The molecule has 1 aliphatic rings. The summed E-state index contributed by atoms with van der Waals surface area (Å²) in [5.41, 5.74) is 0.697. The summed E-state index contributed by atoms with van der Waals surface area (Å²) in [6.45, 7) is 0.862. The zero-order chi connectivity index (χ0) is 12.5.